The maximum absolute atomic E-state index is 12.4. The topological polar surface area (TPSA) is 88.3 Å². The second-order valence-electron chi connectivity index (χ2n) is 7.06. The summed E-state index contributed by atoms with van der Waals surface area (Å²) < 4.78 is 0. The molecule has 3 N–H and O–H groups in total. The lowest BCUT2D eigenvalue weighted by molar-refractivity contribution is -0.128. The Labute approximate surface area is 176 Å². The van der Waals surface area contributed by atoms with Crippen molar-refractivity contribution >= 4 is 11.8 Å². The monoisotopic (exact) mass is 402 g/mol. The maximum Gasteiger partial charge on any atom is 0.251 e. The molecule has 3 aromatic rings. The second kappa shape index (κ2) is 10.3. The number of carbonyl (C=O) groups excluding carboxylic acids is 2. The van der Waals surface area contributed by atoms with Crippen molar-refractivity contribution in [3.63, 3.8) is 0 Å². The predicted octanol–water partition coefficient (Wildman–Crippen LogP) is 2.64. The Hall–Kier alpha value is -3.51. The molecule has 0 fully saturated rings. The van der Waals surface area contributed by atoms with Crippen LogP contribution in [-0.4, -0.2) is 41.8 Å². The smallest absolute Gasteiger partial charge is 0.251 e. The number of pyridine rings is 1. The molecule has 0 aliphatic heterocycles. The number of likely N-dealkylation sites (N-methyl/N-ethyl adjacent to an activating group) is 1. The highest BCUT2D eigenvalue weighted by atomic mass is 16.2. The third-order valence-electron chi connectivity index (χ3n) is 4.82. The Balaban J connectivity index is 1.60. The van der Waals surface area contributed by atoms with Crippen molar-refractivity contribution in [2.45, 2.75) is 13.0 Å². The Kier molecular flexibility index (Phi) is 7.29. The van der Waals surface area contributed by atoms with Crippen molar-refractivity contribution in [1.29, 1.82) is 0 Å². The SMILES string of the molecule is CN(Cc1cccc(-c2ccc(C(=O)NCCc3ccccn3)cc2)c1)C(=O)CN. The van der Waals surface area contributed by atoms with Crippen LogP contribution in [0.4, 0.5) is 0 Å². The van der Waals surface area contributed by atoms with Crippen molar-refractivity contribution in [2.24, 2.45) is 5.73 Å². The molecule has 1 heterocycles. The van der Waals surface area contributed by atoms with Gasteiger partial charge in [-0.15, -0.1) is 0 Å². The summed E-state index contributed by atoms with van der Waals surface area (Å²) in [5.41, 5.74) is 10.0. The van der Waals surface area contributed by atoms with Crippen LogP contribution in [0, 0.1) is 0 Å². The fraction of sp³-hybridized carbons (Fsp3) is 0.208. The fourth-order valence-electron chi connectivity index (χ4n) is 3.13. The summed E-state index contributed by atoms with van der Waals surface area (Å²) in [6.07, 6.45) is 2.44. The summed E-state index contributed by atoms with van der Waals surface area (Å²) in [5.74, 6) is -0.202. The first-order chi connectivity index (χ1) is 14.6. The van der Waals surface area contributed by atoms with Crippen molar-refractivity contribution < 1.29 is 9.59 Å². The quantitative estimate of drug-likeness (QED) is 0.606. The fourth-order valence-corrected chi connectivity index (χ4v) is 3.13. The third-order valence-corrected chi connectivity index (χ3v) is 4.82. The van der Waals surface area contributed by atoms with Crippen LogP contribution in [0.25, 0.3) is 11.1 Å². The first-order valence-electron chi connectivity index (χ1n) is 9.88. The van der Waals surface area contributed by atoms with Crippen LogP contribution in [0.15, 0.2) is 72.9 Å². The van der Waals surface area contributed by atoms with Gasteiger partial charge in [-0.3, -0.25) is 14.6 Å². The van der Waals surface area contributed by atoms with Crippen LogP contribution in [0.2, 0.25) is 0 Å². The van der Waals surface area contributed by atoms with E-state index >= 15 is 0 Å². The first-order valence-corrected chi connectivity index (χ1v) is 9.88. The average Bonchev–Trinajstić information content (AvgIpc) is 2.79. The number of nitrogens with zero attached hydrogens (tertiary/aromatic N) is 2. The van der Waals surface area contributed by atoms with Gasteiger partial charge in [0.05, 0.1) is 6.54 Å². The van der Waals surface area contributed by atoms with Crippen molar-refractivity contribution in [3.8, 4) is 11.1 Å². The van der Waals surface area contributed by atoms with E-state index in [4.69, 9.17) is 5.73 Å². The van der Waals surface area contributed by atoms with E-state index in [0.717, 1.165) is 22.4 Å². The van der Waals surface area contributed by atoms with Crippen LogP contribution in [0.3, 0.4) is 0 Å². The van der Waals surface area contributed by atoms with E-state index < -0.39 is 0 Å². The van der Waals surface area contributed by atoms with E-state index in [2.05, 4.69) is 10.3 Å². The average molecular weight is 402 g/mol. The summed E-state index contributed by atoms with van der Waals surface area (Å²) in [7, 11) is 1.74. The highest BCUT2D eigenvalue weighted by Crippen LogP contribution is 2.21. The zero-order valence-electron chi connectivity index (χ0n) is 17.0. The van der Waals surface area contributed by atoms with Crippen LogP contribution >= 0.6 is 0 Å². The third kappa shape index (κ3) is 5.75. The summed E-state index contributed by atoms with van der Waals surface area (Å²) in [6, 6.07) is 21.3. The molecule has 2 aromatic carbocycles. The van der Waals surface area contributed by atoms with Gasteiger partial charge in [-0.25, -0.2) is 0 Å². The Morgan fingerprint density at radius 2 is 1.80 bits per heavy atom. The lowest BCUT2D eigenvalue weighted by atomic mass is 10.0. The number of aromatic nitrogens is 1. The molecule has 0 aliphatic rings. The number of amides is 2. The minimum atomic E-state index is -0.104. The molecule has 30 heavy (non-hydrogen) atoms. The number of rotatable bonds is 8. The van der Waals surface area contributed by atoms with E-state index in [1.165, 1.54) is 0 Å². The molecule has 0 atom stereocenters. The van der Waals surface area contributed by atoms with Gasteiger partial charge in [0.2, 0.25) is 5.91 Å². The molecular weight excluding hydrogens is 376 g/mol. The van der Waals surface area contributed by atoms with E-state index in [0.29, 0.717) is 25.1 Å². The zero-order valence-corrected chi connectivity index (χ0v) is 17.0. The summed E-state index contributed by atoms with van der Waals surface area (Å²) in [5, 5.41) is 2.93. The summed E-state index contributed by atoms with van der Waals surface area (Å²) in [4.78, 5) is 29.9. The standard InChI is InChI=1S/C24H26N4O2/c1-28(23(29)16-25)17-18-5-4-6-21(15-18)19-8-10-20(11-9-19)24(30)27-14-12-22-7-2-3-13-26-22/h2-11,13,15H,12,14,16-17,25H2,1H3,(H,27,30). The summed E-state index contributed by atoms with van der Waals surface area (Å²) in [6.45, 7) is 1.04. The Morgan fingerprint density at radius 1 is 1.00 bits per heavy atom. The molecule has 2 amide bonds. The predicted molar refractivity (Wildman–Crippen MR) is 118 cm³/mol. The number of hydrogen-bond acceptors (Lipinski definition) is 4. The van der Waals surface area contributed by atoms with Gasteiger partial charge >= 0.3 is 0 Å². The number of benzene rings is 2. The first kappa shape index (κ1) is 21.2. The van der Waals surface area contributed by atoms with Gasteiger partial charge in [-0.05, 0) is 47.0 Å². The highest BCUT2D eigenvalue weighted by molar-refractivity contribution is 5.94. The molecule has 0 unspecified atom stereocenters. The minimum Gasteiger partial charge on any atom is -0.352 e. The van der Waals surface area contributed by atoms with Gasteiger partial charge in [0.1, 0.15) is 0 Å². The van der Waals surface area contributed by atoms with Gasteiger partial charge in [0, 0.05) is 44.0 Å². The molecule has 154 valence electrons. The molecule has 0 aliphatic carbocycles. The molecule has 0 bridgehead atoms. The molecule has 3 rings (SSSR count). The molecule has 0 saturated heterocycles. The Bertz CT molecular complexity index is 988. The zero-order chi connectivity index (χ0) is 21.3. The number of nitrogens with two attached hydrogens (primary N) is 1. The van der Waals surface area contributed by atoms with Gasteiger partial charge in [0.25, 0.3) is 5.91 Å². The van der Waals surface area contributed by atoms with Gasteiger partial charge < -0.3 is 16.0 Å². The van der Waals surface area contributed by atoms with E-state index in [9.17, 15) is 9.59 Å². The van der Waals surface area contributed by atoms with Crippen LogP contribution in [0.5, 0.6) is 0 Å². The van der Waals surface area contributed by atoms with Crippen LogP contribution in [-0.2, 0) is 17.8 Å². The van der Waals surface area contributed by atoms with E-state index in [1.807, 2.05) is 66.7 Å². The van der Waals surface area contributed by atoms with Crippen LogP contribution in [0.1, 0.15) is 21.6 Å². The maximum atomic E-state index is 12.4. The summed E-state index contributed by atoms with van der Waals surface area (Å²) >= 11 is 0. The molecule has 0 radical (unpaired) electrons. The number of carbonyl (C=O) groups is 2. The number of nitrogens with one attached hydrogen (secondary N) is 1. The molecule has 0 spiro atoms. The van der Waals surface area contributed by atoms with Crippen LogP contribution < -0.4 is 11.1 Å². The Morgan fingerprint density at radius 3 is 2.50 bits per heavy atom. The normalized spacial score (nSPS) is 10.5. The largest absolute Gasteiger partial charge is 0.352 e. The minimum absolute atomic E-state index is 0.00157. The molecular formula is C24H26N4O2. The van der Waals surface area contributed by atoms with E-state index in [-0.39, 0.29) is 18.4 Å². The van der Waals surface area contributed by atoms with Crippen molar-refractivity contribution in [3.05, 3.63) is 89.7 Å². The highest BCUT2D eigenvalue weighted by Gasteiger charge is 2.09. The number of hydrogen-bond donors (Lipinski definition) is 2. The van der Waals surface area contributed by atoms with Gasteiger partial charge in [-0.1, -0.05) is 36.4 Å². The van der Waals surface area contributed by atoms with E-state index in [1.54, 1.807) is 18.1 Å². The molecule has 6 heteroatoms. The lowest BCUT2D eigenvalue weighted by Crippen LogP contribution is -2.32. The lowest BCUT2D eigenvalue weighted by Gasteiger charge is -2.16. The molecule has 6 nitrogen and oxygen atoms in total. The second-order valence-corrected chi connectivity index (χ2v) is 7.06. The molecule has 1 aromatic heterocycles. The van der Waals surface area contributed by atoms with Crippen molar-refractivity contribution in [2.75, 3.05) is 20.1 Å². The van der Waals surface area contributed by atoms with Gasteiger partial charge in [0.15, 0.2) is 0 Å². The van der Waals surface area contributed by atoms with Gasteiger partial charge in [-0.2, -0.15) is 0 Å². The van der Waals surface area contributed by atoms with Crippen molar-refractivity contribution in [1.82, 2.24) is 15.2 Å². The molecule has 0 saturated carbocycles.